The lowest BCUT2D eigenvalue weighted by molar-refractivity contribution is -0.145. The van der Waals surface area contributed by atoms with Gasteiger partial charge in [-0.25, -0.2) is 0 Å². The standard InChI is InChI=1S/C35H43N4O7PS/c36-31(40)28(21-24-15-16-25-10-4-5-11-26(25)20-24)37-32(41)30-14-6-9-19-39(30)33(42)29(22-48-23-47(44,45)46)38-34(43)35(17-7-8-18-35)27-12-2-1-3-13-27/h1-5,10-13,15-16,20,28-30H,6-9,14,17-19,21-23H2,(H2,36,40)(H,37,41)(H,38,43)(H2,44,45,46). The van der Waals surface area contributed by atoms with Crippen molar-refractivity contribution in [3.05, 3.63) is 83.9 Å². The quantitative estimate of drug-likeness (QED) is 0.169. The topological polar surface area (TPSA) is 179 Å². The zero-order valence-corrected chi connectivity index (χ0v) is 28.5. The molecule has 4 amide bonds. The predicted octanol–water partition coefficient (Wildman–Crippen LogP) is 3.60. The van der Waals surface area contributed by atoms with E-state index >= 15 is 0 Å². The highest BCUT2D eigenvalue weighted by atomic mass is 32.2. The Kier molecular flexibility index (Phi) is 11.6. The van der Waals surface area contributed by atoms with E-state index in [0.29, 0.717) is 32.1 Å². The maximum absolute atomic E-state index is 14.2. The summed E-state index contributed by atoms with van der Waals surface area (Å²) in [5.41, 5.74) is 6.06. The van der Waals surface area contributed by atoms with Crippen LogP contribution in [0, 0.1) is 0 Å². The van der Waals surface area contributed by atoms with Crippen molar-refractivity contribution in [2.75, 3.05) is 17.8 Å². The second kappa shape index (κ2) is 15.7. The van der Waals surface area contributed by atoms with Crippen LogP contribution in [0.2, 0.25) is 0 Å². The van der Waals surface area contributed by atoms with E-state index in [1.54, 1.807) is 0 Å². The average Bonchev–Trinajstić information content (AvgIpc) is 3.58. The van der Waals surface area contributed by atoms with Crippen LogP contribution < -0.4 is 16.4 Å². The highest BCUT2D eigenvalue weighted by Crippen LogP contribution is 2.42. The minimum Gasteiger partial charge on any atom is -0.368 e. The summed E-state index contributed by atoms with van der Waals surface area (Å²) in [6.45, 7) is 0.252. The molecule has 48 heavy (non-hydrogen) atoms. The number of carbonyl (C=O) groups excluding carboxylic acids is 4. The van der Waals surface area contributed by atoms with E-state index in [1.165, 1.54) is 4.90 Å². The van der Waals surface area contributed by atoms with Crippen molar-refractivity contribution in [2.24, 2.45) is 5.73 Å². The number of amides is 4. The SMILES string of the molecule is NC(=O)C(Cc1ccc2ccccc2c1)NC(=O)C1CCCCN1C(=O)C(CSCP(=O)(O)O)NC(=O)C1(c2ccccc2)CCCC1. The normalized spacial score (nSPS) is 19.0. The molecular weight excluding hydrogens is 651 g/mol. The lowest BCUT2D eigenvalue weighted by Gasteiger charge is -2.38. The van der Waals surface area contributed by atoms with Gasteiger partial charge in [0.05, 0.1) is 10.9 Å². The maximum atomic E-state index is 14.2. The van der Waals surface area contributed by atoms with Gasteiger partial charge >= 0.3 is 7.60 Å². The zero-order chi connectivity index (χ0) is 34.3. The first-order valence-electron chi connectivity index (χ1n) is 16.3. The summed E-state index contributed by atoms with van der Waals surface area (Å²) in [6.07, 6.45) is 4.75. The number of primary amides is 1. The smallest absolute Gasteiger partial charge is 0.335 e. The Balaban J connectivity index is 1.34. The molecule has 0 aromatic heterocycles. The van der Waals surface area contributed by atoms with Crippen LogP contribution >= 0.6 is 19.4 Å². The number of nitrogens with one attached hydrogen (secondary N) is 2. The van der Waals surface area contributed by atoms with Gasteiger partial charge in [0.2, 0.25) is 23.6 Å². The molecule has 3 unspecified atom stereocenters. The molecule has 3 aromatic rings. The van der Waals surface area contributed by atoms with Gasteiger partial charge in [-0.05, 0) is 54.0 Å². The lowest BCUT2D eigenvalue weighted by atomic mass is 9.78. The number of fused-ring (bicyclic) bond motifs is 1. The Labute approximate surface area is 284 Å². The van der Waals surface area contributed by atoms with Crippen LogP contribution in [0.3, 0.4) is 0 Å². The minimum atomic E-state index is -4.38. The molecule has 1 heterocycles. The van der Waals surface area contributed by atoms with Crippen molar-refractivity contribution in [3.8, 4) is 0 Å². The number of nitrogens with two attached hydrogens (primary N) is 1. The van der Waals surface area contributed by atoms with Gasteiger partial charge in [-0.3, -0.25) is 23.7 Å². The highest BCUT2D eigenvalue weighted by molar-refractivity contribution is 8.04. The van der Waals surface area contributed by atoms with Crippen LogP contribution in [0.1, 0.15) is 56.1 Å². The van der Waals surface area contributed by atoms with E-state index in [2.05, 4.69) is 10.6 Å². The fourth-order valence-electron chi connectivity index (χ4n) is 6.90. The Morgan fingerprint density at radius 2 is 1.58 bits per heavy atom. The van der Waals surface area contributed by atoms with Crippen LogP contribution in [-0.4, -0.2) is 74.2 Å². The number of likely N-dealkylation sites (tertiary alicyclic amines) is 1. The number of hydrogen-bond acceptors (Lipinski definition) is 6. The molecule has 2 fully saturated rings. The van der Waals surface area contributed by atoms with E-state index in [-0.39, 0.29) is 24.6 Å². The Morgan fingerprint density at radius 3 is 2.27 bits per heavy atom. The number of carbonyl (C=O) groups is 4. The lowest BCUT2D eigenvalue weighted by Crippen LogP contribution is -2.61. The third kappa shape index (κ3) is 8.66. The van der Waals surface area contributed by atoms with Gasteiger partial charge in [0, 0.05) is 18.7 Å². The van der Waals surface area contributed by atoms with Gasteiger partial charge in [-0.15, -0.1) is 11.8 Å². The first-order valence-corrected chi connectivity index (χ1v) is 19.3. The van der Waals surface area contributed by atoms with Gasteiger partial charge in [0.15, 0.2) is 0 Å². The molecular formula is C35H43N4O7PS. The summed E-state index contributed by atoms with van der Waals surface area (Å²) in [6, 6.07) is 20.0. The molecule has 1 saturated heterocycles. The molecule has 3 aromatic carbocycles. The summed E-state index contributed by atoms with van der Waals surface area (Å²) in [4.78, 5) is 74.9. The molecule has 1 aliphatic heterocycles. The molecule has 0 radical (unpaired) electrons. The van der Waals surface area contributed by atoms with E-state index in [9.17, 15) is 33.5 Å². The van der Waals surface area contributed by atoms with Gasteiger partial charge in [0.25, 0.3) is 0 Å². The zero-order valence-electron chi connectivity index (χ0n) is 26.8. The molecule has 11 nitrogen and oxygen atoms in total. The molecule has 13 heteroatoms. The van der Waals surface area contributed by atoms with Crippen LogP contribution in [0.4, 0.5) is 0 Å². The molecule has 5 rings (SSSR count). The second-order valence-electron chi connectivity index (χ2n) is 12.7. The van der Waals surface area contributed by atoms with E-state index < -0.39 is 54.4 Å². The summed E-state index contributed by atoms with van der Waals surface area (Å²) in [7, 11) is -4.38. The minimum absolute atomic E-state index is 0.0860. The molecule has 2 aliphatic rings. The number of thioether (sulfide) groups is 1. The third-order valence-electron chi connectivity index (χ3n) is 9.37. The number of nitrogens with zero attached hydrogens (tertiary/aromatic N) is 1. The molecule has 1 aliphatic carbocycles. The summed E-state index contributed by atoms with van der Waals surface area (Å²) >= 11 is 0.879. The molecule has 0 bridgehead atoms. The Morgan fingerprint density at radius 1 is 0.896 bits per heavy atom. The first kappa shape index (κ1) is 35.6. The molecule has 0 spiro atoms. The van der Waals surface area contributed by atoms with Gasteiger partial charge in [-0.2, -0.15) is 0 Å². The van der Waals surface area contributed by atoms with Crippen LogP contribution in [-0.2, 0) is 35.6 Å². The van der Waals surface area contributed by atoms with E-state index in [1.807, 2.05) is 72.8 Å². The van der Waals surface area contributed by atoms with Crippen LogP contribution in [0.15, 0.2) is 72.8 Å². The average molecular weight is 695 g/mol. The number of rotatable bonds is 13. The molecule has 256 valence electrons. The maximum Gasteiger partial charge on any atom is 0.335 e. The first-order chi connectivity index (χ1) is 23.0. The highest BCUT2D eigenvalue weighted by Gasteiger charge is 2.45. The summed E-state index contributed by atoms with van der Waals surface area (Å²) in [5.74, 6) is -2.13. The van der Waals surface area contributed by atoms with Gasteiger partial charge in [-0.1, -0.05) is 85.6 Å². The van der Waals surface area contributed by atoms with Crippen LogP contribution in [0.25, 0.3) is 10.8 Å². The second-order valence-corrected chi connectivity index (χ2v) is 15.8. The molecule has 6 N–H and O–H groups in total. The number of benzene rings is 3. The Bertz CT molecular complexity index is 1680. The van der Waals surface area contributed by atoms with Crippen molar-refractivity contribution < 1.29 is 33.5 Å². The predicted molar refractivity (Wildman–Crippen MR) is 186 cm³/mol. The van der Waals surface area contributed by atoms with Crippen molar-refractivity contribution in [3.63, 3.8) is 0 Å². The third-order valence-corrected chi connectivity index (χ3v) is 12.0. The number of hydrogen-bond donors (Lipinski definition) is 5. The van der Waals surface area contributed by atoms with E-state index in [4.69, 9.17) is 5.73 Å². The fraction of sp³-hybridized carbons (Fsp3) is 0.429. The van der Waals surface area contributed by atoms with Gasteiger partial charge in [0.1, 0.15) is 18.1 Å². The summed E-state index contributed by atoms with van der Waals surface area (Å²) in [5, 5.41) is 7.75. The van der Waals surface area contributed by atoms with Crippen molar-refractivity contribution in [1.82, 2.24) is 15.5 Å². The van der Waals surface area contributed by atoms with Crippen molar-refractivity contribution in [2.45, 2.75) is 74.9 Å². The number of piperidine rings is 1. The Hall–Kier alpha value is -3.70. The van der Waals surface area contributed by atoms with Crippen molar-refractivity contribution >= 4 is 53.8 Å². The molecule has 1 saturated carbocycles. The monoisotopic (exact) mass is 694 g/mol. The van der Waals surface area contributed by atoms with Crippen LogP contribution in [0.5, 0.6) is 0 Å². The largest absolute Gasteiger partial charge is 0.368 e. The van der Waals surface area contributed by atoms with Gasteiger partial charge < -0.3 is 31.1 Å². The van der Waals surface area contributed by atoms with Crippen molar-refractivity contribution in [1.29, 1.82) is 0 Å². The fourth-order valence-corrected chi connectivity index (χ4v) is 8.74. The summed E-state index contributed by atoms with van der Waals surface area (Å²) < 4.78 is 11.6. The molecule has 3 atom stereocenters. The van der Waals surface area contributed by atoms with E-state index in [0.717, 1.165) is 46.5 Å².